The Labute approximate surface area is 161 Å². The van der Waals surface area contributed by atoms with Crippen LogP contribution < -0.4 is 0 Å². The van der Waals surface area contributed by atoms with E-state index in [-0.39, 0.29) is 19.8 Å². The van der Waals surface area contributed by atoms with Crippen LogP contribution >= 0.6 is 0 Å². The van der Waals surface area contributed by atoms with Gasteiger partial charge in [-0.2, -0.15) is 0 Å². The smallest absolute Gasteiger partial charge is 0.338 e. The lowest BCUT2D eigenvalue weighted by Gasteiger charge is -2.22. The van der Waals surface area contributed by atoms with Gasteiger partial charge in [-0.1, -0.05) is 23.3 Å². The highest BCUT2D eigenvalue weighted by Gasteiger charge is 2.47. The van der Waals surface area contributed by atoms with Crippen molar-refractivity contribution in [2.45, 2.75) is 32.2 Å². The molecule has 10 nitrogen and oxygen atoms in total. The molecule has 0 aromatic heterocycles. The van der Waals surface area contributed by atoms with Crippen LogP contribution in [0.3, 0.4) is 0 Å². The molecule has 10 heteroatoms. The lowest BCUT2D eigenvalue weighted by molar-refractivity contribution is -0.155. The molecule has 2 rings (SSSR count). The highest BCUT2D eigenvalue weighted by Crippen LogP contribution is 2.31. The Morgan fingerprint density at radius 1 is 1.07 bits per heavy atom. The number of ether oxygens (including phenoxy) is 4. The monoisotopic (exact) mass is 391 g/mol. The first-order valence-electron chi connectivity index (χ1n) is 8.61. The van der Waals surface area contributed by atoms with Crippen molar-refractivity contribution in [1.82, 2.24) is 0 Å². The summed E-state index contributed by atoms with van der Waals surface area (Å²) in [5.74, 6) is -2.19. The molecule has 1 fully saturated rings. The number of azide groups is 1. The average Bonchev–Trinajstić information content (AvgIpc) is 2.99. The van der Waals surface area contributed by atoms with Crippen molar-refractivity contribution in [3.05, 3.63) is 46.3 Å². The molecule has 0 N–H and O–H groups in total. The second-order valence-corrected chi connectivity index (χ2v) is 6.13. The number of esters is 3. The summed E-state index contributed by atoms with van der Waals surface area (Å²) in [6, 6.07) is 8.41. The Balaban J connectivity index is 2.12. The van der Waals surface area contributed by atoms with E-state index < -0.39 is 42.1 Å². The molecule has 1 aromatic rings. The maximum atomic E-state index is 12.2. The van der Waals surface area contributed by atoms with Gasteiger partial charge in [-0.25, -0.2) is 4.79 Å². The molecule has 1 heterocycles. The van der Waals surface area contributed by atoms with E-state index in [0.717, 1.165) is 0 Å². The molecule has 1 aromatic carbocycles. The van der Waals surface area contributed by atoms with Gasteiger partial charge >= 0.3 is 17.9 Å². The van der Waals surface area contributed by atoms with E-state index in [4.69, 9.17) is 24.5 Å². The maximum Gasteiger partial charge on any atom is 0.338 e. The normalized spacial score (nSPS) is 23.4. The summed E-state index contributed by atoms with van der Waals surface area (Å²) in [4.78, 5) is 37.5. The number of carbonyl (C=O) groups excluding carboxylic acids is 3. The third-order valence-electron chi connectivity index (χ3n) is 4.11. The van der Waals surface area contributed by atoms with Gasteiger partial charge in [0.2, 0.25) is 0 Å². The van der Waals surface area contributed by atoms with E-state index in [1.165, 1.54) is 13.8 Å². The quantitative estimate of drug-likeness (QED) is 0.217. The zero-order valence-corrected chi connectivity index (χ0v) is 15.5. The first kappa shape index (κ1) is 21.2. The largest absolute Gasteiger partial charge is 0.463 e. The lowest BCUT2D eigenvalue weighted by atomic mass is 9.96. The first-order chi connectivity index (χ1) is 13.4. The topological polar surface area (TPSA) is 137 Å². The summed E-state index contributed by atoms with van der Waals surface area (Å²) in [6.07, 6.45) is -2.29. The van der Waals surface area contributed by atoms with E-state index in [0.29, 0.717) is 5.56 Å². The van der Waals surface area contributed by atoms with Gasteiger partial charge in [0.1, 0.15) is 25.4 Å². The predicted octanol–water partition coefficient (Wildman–Crippen LogP) is 2.03. The third-order valence-corrected chi connectivity index (χ3v) is 4.11. The standard InChI is InChI=1S/C18H21N3O7/c1-11(22)25-10-16-17(27-12(2)23)14(8-20-21-19)15(28-16)9-26-18(24)13-6-4-3-5-7-13/h3-7,14-17H,8-10H2,1-2H3/t14-,15-,16?,17-/m1/s1. The van der Waals surface area contributed by atoms with Gasteiger partial charge in [-0.3, -0.25) is 9.59 Å². The van der Waals surface area contributed by atoms with Crippen LogP contribution in [0.25, 0.3) is 10.4 Å². The summed E-state index contributed by atoms with van der Waals surface area (Å²) < 4.78 is 21.4. The molecule has 1 aliphatic rings. The third kappa shape index (κ3) is 5.97. The summed E-state index contributed by atoms with van der Waals surface area (Å²) in [5.41, 5.74) is 9.02. The molecule has 150 valence electrons. The van der Waals surface area contributed by atoms with E-state index in [1.54, 1.807) is 30.3 Å². The number of nitrogens with zero attached hydrogens (tertiary/aromatic N) is 3. The molecular formula is C18H21N3O7. The van der Waals surface area contributed by atoms with Crippen molar-refractivity contribution in [2.75, 3.05) is 19.8 Å². The second-order valence-electron chi connectivity index (χ2n) is 6.13. The van der Waals surface area contributed by atoms with Crippen LogP contribution in [0.2, 0.25) is 0 Å². The van der Waals surface area contributed by atoms with Crippen molar-refractivity contribution in [3.8, 4) is 0 Å². The van der Waals surface area contributed by atoms with Gasteiger partial charge in [-0.05, 0) is 17.7 Å². The molecular weight excluding hydrogens is 370 g/mol. The molecule has 0 radical (unpaired) electrons. The zero-order chi connectivity index (χ0) is 20.5. The summed E-state index contributed by atoms with van der Waals surface area (Å²) in [5, 5.41) is 3.54. The van der Waals surface area contributed by atoms with Crippen LogP contribution in [0.5, 0.6) is 0 Å². The molecule has 0 spiro atoms. The Morgan fingerprint density at radius 3 is 2.36 bits per heavy atom. The first-order valence-corrected chi connectivity index (χ1v) is 8.61. The minimum Gasteiger partial charge on any atom is -0.463 e. The molecule has 0 amide bonds. The van der Waals surface area contributed by atoms with E-state index >= 15 is 0 Å². The Hall–Kier alpha value is -3.10. The van der Waals surface area contributed by atoms with Crippen molar-refractivity contribution < 1.29 is 33.3 Å². The maximum absolute atomic E-state index is 12.2. The summed E-state index contributed by atoms with van der Waals surface area (Å²) in [7, 11) is 0. The van der Waals surface area contributed by atoms with E-state index in [2.05, 4.69) is 10.0 Å². The van der Waals surface area contributed by atoms with Gasteiger partial charge in [0, 0.05) is 31.2 Å². The molecule has 0 aliphatic carbocycles. The van der Waals surface area contributed by atoms with E-state index in [1.807, 2.05) is 0 Å². The van der Waals surface area contributed by atoms with Crippen molar-refractivity contribution >= 4 is 17.9 Å². The minimum absolute atomic E-state index is 0.0431. The summed E-state index contributed by atoms with van der Waals surface area (Å²) in [6.45, 7) is 2.14. The fourth-order valence-corrected chi connectivity index (χ4v) is 2.91. The number of benzene rings is 1. The zero-order valence-electron chi connectivity index (χ0n) is 15.5. The molecule has 0 bridgehead atoms. The SMILES string of the molecule is CC(=O)OCC1O[C@H](COC(=O)c2ccccc2)[C@@H](CN=[N+]=[N-])[C@H]1OC(C)=O. The molecule has 0 saturated carbocycles. The predicted molar refractivity (Wildman–Crippen MR) is 95.1 cm³/mol. The average molecular weight is 391 g/mol. The van der Waals surface area contributed by atoms with E-state index in [9.17, 15) is 14.4 Å². The number of rotatable bonds is 8. The van der Waals surface area contributed by atoms with Crippen molar-refractivity contribution in [3.63, 3.8) is 0 Å². The van der Waals surface area contributed by atoms with Gasteiger partial charge in [-0.15, -0.1) is 0 Å². The number of carbonyl (C=O) groups is 3. The van der Waals surface area contributed by atoms with Gasteiger partial charge in [0.25, 0.3) is 0 Å². The van der Waals surface area contributed by atoms with Gasteiger partial charge in [0.05, 0.1) is 11.7 Å². The Kier molecular flexibility index (Phi) is 7.79. The lowest BCUT2D eigenvalue weighted by Crippen LogP contribution is -2.37. The molecule has 1 unspecified atom stereocenters. The van der Waals surface area contributed by atoms with Gasteiger partial charge in [0.15, 0.2) is 0 Å². The van der Waals surface area contributed by atoms with Crippen LogP contribution in [0, 0.1) is 5.92 Å². The van der Waals surface area contributed by atoms with Crippen LogP contribution in [0.4, 0.5) is 0 Å². The molecule has 4 atom stereocenters. The van der Waals surface area contributed by atoms with Gasteiger partial charge < -0.3 is 18.9 Å². The highest BCUT2D eigenvalue weighted by molar-refractivity contribution is 5.89. The second kappa shape index (κ2) is 10.3. The van der Waals surface area contributed by atoms with Crippen LogP contribution in [0.15, 0.2) is 35.4 Å². The number of hydrogen-bond donors (Lipinski definition) is 0. The highest BCUT2D eigenvalue weighted by atomic mass is 16.6. The van der Waals surface area contributed by atoms with Crippen LogP contribution in [-0.2, 0) is 28.5 Å². The van der Waals surface area contributed by atoms with Crippen molar-refractivity contribution in [1.29, 1.82) is 0 Å². The summed E-state index contributed by atoms with van der Waals surface area (Å²) >= 11 is 0. The Bertz CT molecular complexity index is 749. The molecule has 1 aliphatic heterocycles. The van der Waals surface area contributed by atoms with Crippen LogP contribution in [0.1, 0.15) is 24.2 Å². The fraction of sp³-hybridized carbons (Fsp3) is 0.500. The molecule has 28 heavy (non-hydrogen) atoms. The van der Waals surface area contributed by atoms with Crippen molar-refractivity contribution in [2.24, 2.45) is 11.0 Å². The molecule has 1 saturated heterocycles. The Morgan fingerprint density at radius 2 is 1.75 bits per heavy atom. The fourth-order valence-electron chi connectivity index (χ4n) is 2.91. The number of hydrogen-bond acceptors (Lipinski definition) is 8. The van der Waals surface area contributed by atoms with Crippen LogP contribution in [-0.4, -0.2) is 56.0 Å². The minimum atomic E-state index is -0.817.